The van der Waals surface area contributed by atoms with Crippen LogP contribution in [0, 0.1) is 28.6 Å². The van der Waals surface area contributed by atoms with E-state index in [0.29, 0.717) is 17.8 Å². The minimum absolute atomic E-state index is 0.0745. The molecule has 4 aliphatic carbocycles. The number of fused-ring (bicyclic) bond motifs is 5. The number of hydrogen-bond acceptors (Lipinski definition) is 3. The molecule has 3 fully saturated rings. The van der Waals surface area contributed by atoms with Crippen LogP contribution in [0.15, 0.2) is 16.8 Å². The summed E-state index contributed by atoms with van der Waals surface area (Å²) in [6.07, 6.45) is 12.9. The molecule has 3 heteroatoms. The van der Waals surface area contributed by atoms with Crippen LogP contribution < -0.4 is 0 Å². The van der Waals surface area contributed by atoms with Gasteiger partial charge in [-0.1, -0.05) is 37.9 Å². The summed E-state index contributed by atoms with van der Waals surface area (Å²) in [6.45, 7) is 6.66. The van der Waals surface area contributed by atoms with E-state index in [4.69, 9.17) is 0 Å². The topological polar surface area (TPSA) is 52.8 Å². The van der Waals surface area contributed by atoms with Crippen molar-refractivity contribution in [3.05, 3.63) is 11.6 Å². The molecule has 0 bridgehead atoms. The number of allylic oxidation sites excluding steroid dienone is 2. The van der Waals surface area contributed by atoms with Crippen LogP contribution >= 0.6 is 0 Å². The lowest BCUT2D eigenvalue weighted by Gasteiger charge is -2.64. The van der Waals surface area contributed by atoms with Crippen LogP contribution in [0.2, 0.25) is 0 Å². The second-order valence-electron chi connectivity index (χ2n) is 9.53. The van der Waals surface area contributed by atoms with Crippen LogP contribution in [0.5, 0.6) is 0 Å². The van der Waals surface area contributed by atoms with Gasteiger partial charge in [0.15, 0.2) is 0 Å². The van der Waals surface area contributed by atoms with Crippen molar-refractivity contribution in [2.45, 2.75) is 84.2 Å². The Morgan fingerprint density at radius 3 is 2.62 bits per heavy atom. The summed E-state index contributed by atoms with van der Waals surface area (Å²) in [4.78, 5) is 0. The number of nitrogens with zero attached hydrogens (tertiary/aromatic N) is 1. The predicted octanol–water partition coefficient (Wildman–Crippen LogP) is 4.92. The van der Waals surface area contributed by atoms with E-state index < -0.39 is 5.60 Å². The zero-order valence-electron chi connectivity index (χ0n) is 15.5. The van der Waals surface area contributed by atoms with Gasteiger partial charge in [-0.15, -0.1) is 0 Å². The summed E-state index contributed by atoms with van der Waals surface area (Å²) in [5.74, 6) is 1.62. The number of hydrogen-bond donors (Lipinski definition) is 2. The summed E-state index contributed by atoms with van der Waals surface area (Å²) in [5, 5.41) is 24.8. The first-order valence-corrected chi connectivity index (χ1v) is 9.99. The van der Waals surface area contributed by atoms with Gasteiger partial charge in [-0.25, -0.2) is 0 Å². The number of oxime groups is 1. The van der Waals surface area contributed by atoms with Gasteiger partial charge in [0.25, 0.3) is 0 Å². The van der Waals surface area contributed by atoms with Crippen LogP contribution in [-0.2, 0) is 0 Å². The van der Waals surface area contributed by atoms with E-state index in [1.54, 1.807) is 0 Å². The van der Waals surface area contributed by atoms with Crippen molar-refractivity contribution >= 4 is 5.71 Å². The van der Waals surface area contributed by atoms with Crippen LogP contribution in [0.1, 0.15) is 78.6 Å². The third kappa shape index (κ3) is 1.91. The van der Waals surface area contributed by atoms with E-state index in [1.807, 2.05) is 6.92 Å². The lowest BCUT2D eigenvalue weighted by molar-refractivity contribution is -0.229. The quantitative estimate of drug-likeness (QED) is 0.407. The molecule has 0 aliphatic heterocycles. The van der Waals surface area contributed by atoms with Crippen molar-refractivity contribution in [1.29, 1.82) is 0 Å². The molecule has 3 saturated carbocycles. The summed E-state index contributed by atoms with van der Waals surface area (Å²) in [7, 11) is 0. The second kappa shape index (κ2) is 5.33. The highest BCUT2D eigenvalue weighted by Gasteiger charge is 2.65. The average Bonchev–Trinajstić information content (AvgIpc) is 2.92. The first-order valence-electron chi connectivity index (χ1n) is 9.99. The Morgan fingerprint density at radius 2 is 1.88 bits per heavy atom. The molecule has 134 valence electrons. The zero-order chi connectivity index (χ0) is 17.2. The van der Waals surface area contributed by atoms with Crippen LogP contribution in [0.3, 0.4) is 0 Å². The molecule has 0 aromatic heterocycles. The number of aliphatic hydroxyl groups is 1. The van der Waals surface area contributed by atoms with Gasteiger partial charge in [0.05, 0.1) is 11.3 Å². The van der Waals surface area contributed by atoms with Crippen LogP contribution in [0.25, 0.3) is 0 Å². The first-order chi connectivity index (χ1) is 11.4. The van der Waals surface area contributed by atoms with E-state index in [2.05, 4.69) is 25.1 Å². The van der Waals surface area contributed by atoms with Crippen molar-refractivity contribution < 1.29 is 10.3 Å². The van der Waals surface area contributed by atoms with Gasteiger partial charge in [-0.3, -0.25) is 0 Å². The van der Waals surface area contributed by atoms with Crippen molar-refractivity contribution in [3.8, 4) is 0 Å². The van der Waals surface area contributed by atoms with E-state index in [-0.39, 0.29) is 10.8 Å². The molecular weight excluding hydrogens is 298 g/mol. The SMILES string of the molecule is CC(=NO)C1=CC[C@H]2[C@@H]3CCC4CCCC[C@]4(C)[C@@]3(O)CC[C@]12C. The first kappa shape index (κ1) is 16.6. The fraction of sp³-hybridized carbons (Fsp3) is 0.857. The molecule has 2 N–H and O–H groups in total. The Kier molecular flexibility index (Phi) is 3.69. The Labute approximate surface area is 146 Å². The van der Waals surface area contributed by atoms with E-state index in [9.17, 15) is 10.3 Å². The highest BCUT2D eigenvalue weighted by Crippen LogP contribution is 2.68. The Morgan fingerprint density at radius 1 is 1.08 bits per heavy atom. The molecule has 0 spiro atoms. The Hall–Kier alpha value is -0.830. The van der Waals surface area contributed by atoms with Crippen molar-refractivity contribution in [2.75, 3.05) is 0 Å². The molecule has 0 aromatic carbocycles. The number of rotatable bonds is 1. The molecule has 0 amide bonds. The normalized spacial score (nSPS) is 51.4. The van der Waals surface area contributed by atoms with Crippen molar-refractivity contribution in [2.24, 2.45) is 33.7 Å². The van der Waals surface area contributed by atoms with Crippen molar-refractivity contribution in [3.63, 3.8) is 0 Å². The molecule has 0 radical (unpaired) electrons. The summed E-state index contributed by atoms with van der Waals surface area (Å²) < 4.78 is 0. The van der Waals surface area contributed by atoms with E-state index in [1.165, 1.54) is 44.1 Å². The lowest BCUT2D eigenvalue weighted by Crippen LogP contribution is -2.64. The molecule has 24 heavy (non-hydrogen) atoms. The molecule has 0 heterocycles. The molecular formula is C21H33NO2. The smallest absolute Gasteiger partial charge is 0.0799 e. The Bertz CT molecular complexity index is 597. The third-order valence-electron chi connectivity index (χ3n) is 8.89. The summed E-state index contributed by atoms with van der Waals surface area (Å²) in [6, 6.07) is 0. The van der Waals surface area contributed by atoms with Gasteiger partial charge in [-0.2, -0.15) is 0 Å². The van der Waals surface area contributed by atoms with Gasteiger partial charge in [0.1, 0.15) is 0 Å². The highest BCUT2D eigenvalue weighted by atomic mass is 16.4. The zero-order valence-corrected chi connectivity index (χ0v) is 15.5. The molecule has 0 aromatic rings. The molecule has 3 nitrogen and oxygen atoms in total. The maximum atomic E-state index is 12.0. The third-order valence-corrected chi connectivity index (χ3v) is 8.89. The van der Waals surface area contributed by atoms with Gasteiger partial charge < -0.3 is 10.3 Å². The standard InChI is InChI=1S/C21H33NO2/c1-14(22-24)16-9-10-17-18-8-7-15-6-4-5-11-20(15,3)21(18,23)13-12-19(16,17)2/h9,15,17-18,23-24H,4-8,10-13H2,1-3H3/t15?,17-,18-,19+,20-,21+/m0/s1. The molecule has 4 rings (SSSR count). The van der Waals surface area contributed by atoms with Crippen molar-refractivity contribution in [1.82, 2.24) is 0 Å². The van der Waals surface area contributed by atoms with E-state index >= 15 is 0 Å². The fourth-order valence-corrected chi connectivity index (χ4v) is 7.42. The predicted molar refractivity (Wildman–Crippen MR) is 96.2 cm³/mol. The molecule has 0 saturated heterocycles. The minimum atomic E-state index is -0.492. The largest absolute Gasteiger partial charge is 0.411 e. The summed E-state index contributed by atoms with van der Waals surface area (Å²) >= 11 is 0. The highest BCUT2D eigenvalue weighted by molar-refractivity contribution is 5.99. The van der Waals surface area contributed by atoms with Gasteiger partial charge >= 0.3 is 0 Å². The second-order valence-corrected chi connectivity index (χ2v) is 9.53. The molecule has 1 unspecified atom stereocenters. The fourth-order valence-electron chi connectivity index (χ4n) is 7.42. The monoisotopic (exact) mass is 331 g/mol. The molecule has 4 aliphatic rings. The Balaban J connectivity index is 1.70. The average molecular weight is 332 g/mol. The maximum absolute atomic E-state index is 12.0. The maximum Gasteiger partial charge on any atom is 0.0799 e. The van der Waals surface area contributed by atoms with Gasteiger partial charge in [-0.05, 0) is 86.0 Å². The van der Waals surface area contributed by atoms with Crippen LogP contribution in [0.4, 0.5) is 0 Å². The molecule has 6 atom stereocenters. The minimum Gasteiger partial charge on any atom is -0.411 e. The van der Waals surface area contributed by atoms with Gasteiger partial charge in [0, 0.05) is 0 Å². The van der Waals surface area contributed by atoms with E-state index in [0.717, 1.165) is 25.0 Å². The van der Waals surface area contributed by atoms with Crippen LogP contribution in [-0.4, -0.2) is 21.6 Å². The van der Waals surface area contributed by atoms with Gasteiger partial charge in [0.2, 0.25) is 0 Å². The lowest BCUT2D eigenvalue weighted by atomic mass is 9.42. The summed E-state index contributed by atoms with van der Waals surface area (Å²) in [5.41, 5.74) is 1.69.